The number of thiophene rings is 2. The highest BCUT2D eigenvalue weighted by atomic mass is 32.1. The minimum Gasteiger partial charge on any atom is -0.134 e. The van der Waals surface area contributed by atoms with Gasteiger partial charge in [0.1, 0.15) is 0 Å². The highest BCUT2D eigenvalue weighted by Gasteiger charge is 2.09. The number of aryl methyl sites for hydroxylation is 2. The van der Waals surface area contributed by atoms with Crippen molar-refractivity contribution in [2.24, 2.45) is 0 Å². The maximum atomic E-state index is 2.32. The van der Waals surface area contributed by atoms with Crippen molar-refractivity contribution >= 4 is 22.7 Å². The number of benzene rings is 2. The van der Waals surface area contributed by atoms with Crippen LogP contribution in [0.25, 0.3) is 30.6 Å². The van der Waals surface area contributed by atoms with E-state index in [9.17, 15) is 0 Å². The summed E-state index contributed by atoms with van der Waals surface area (Å²) in [6.07, 6.45) is 13.0. The van der Waals surface area contributed by atoms with E-state index in [1.165, 1.54) is 106 Å². The Hall–Kier alpha value is -2.16. The van der Waals surface area contributed by atoms with Crippen molar-refractivity contribution in [2.75, 3.05) is 0 Å². The molecule has 2 aromatic heterocycles. The summed E-state index contributed by atoms with van der Waals surface area (Å²) in [5.74, 6) is 0. The molecule has 0 aliphatic heterocycles. The summed E-state index contributed by atoms with van der Waals surface area (Å²) in [5, 5.41) is 0. The second-order valence-electron chi connectivity index (χ2n) is 9.34. The van der Waals surface area contributed by atoms with Gasteiger partial charge >= 0.3 is 0 Å². The van der Waals surface area contributed by atoms with Gasteiger partial charge in [0.05, 0.1) is 0 Å². The van der Waals surface area contributed by atoms with Gasteiger partial charge in [-0.1, -0.05) is 101 Å². The first-order valence-corrected chi connectivity index (χ1v) is 14.8. The van der Waals surface area contributed by atoms with Gasteiger partial charge in [0.25, 0.3) is 0 Å². The lowest BCUT2D eigenvalue weighted by atomic mass is 10.0. The molecule has 0 bridgehead atoms. The summed E-state index contributed by atoms with van der Waals surface area (Å²) in [6.45, 7) is 4.54. The molecule has 0 N–H and O–H groups in total. The summed E-state index contributed by atoms with van der Waals surface area (Å²) in [7, 11) is 0. The van der Waals surface area contributed by atoms with Gasteiger partial charge in [0.15, 0.2) is 0 Å². The summed E-state index contributed by atoms with van der Waals surface area (Å²) in [5.41, 5.74) is 5.60. The third kappa shape index (κ3) is 6.93. The van der Waals surface area contributed by atoms with Crippen LogP contribution in [0.1, 0.15) is 76.3 Å². The normalized spacial score (nSPS) is 11.2. The second kappa shape index (κ2) is 13.1. The van der Waals surface area contributed by atoms with Gasteiger partial charge in [-0.2, -0.15) is 0 Å². The van der Waals surface area contributed by atoms with E-state index in [2.05, 4.69) is 86.6 Å². The molecule has 34 heavy (non-hydrogen) atoms. The van der Waals surface area contributed by atoms with Crippen LogP contribution in [0.2, 0.25) is 0 Å². The van der Waals surface area contributed by atoms with E-state index in [1.54, 1.807) is 0 Å². The number of hydrogen-bond acceptors (Lipinski definition) is 2. The minimum atomic E-state index is 1.20. The van der Waals surface area contributed by atoms with Crippen molar-refractivity contribution < 1.29 is 0 Å². The molecule has 0 fully saturated rings. The molecule has 4 rings (SSSR count). The van der Waals surface area contributed by atoms with E-state index in [-0.39, 0.29) is 0 Å². The lowest BCUT2D eigenvalue weighted by Crippen LogP contribution is -1.85. The fourth-order valence-corrected chi connectivity index (χ4v) is 6.55. The maximum absolute atomic E-state index is 2.32. The standard InChI is InChI=1S/C32H38S2/c1-3-5-7-9-11-25-13-17-27(18-14-25)29-21-23-31(33-29)32-24-22-30(34-32)28-19-15-26(16-20-28)12-10-8-6-4-2/h13-24H,3-12H2,1-2H3. The molecule has 4 aromatic rings. The van der Waals surface area contributed by atoms with Crippen LogP contribution in [0.15, 0.2) is 72.8 Å². The summed E-state index contributed by atoms with van der Waals surface area (Å²) >= 11 is 3.81. The van der Waals surface area contributed by atoms with E-state index >= 15 is 0 Å². The zero-order valence-electron chi connectivity index (χ0n) is 20.8. The van der Waals surface area contributed by atoms with E-state index in [0.29, 0.717) is 0 Å². The molecular weight excluding hydrogens is 448 g/mol. The van der Waals surface area contributed by atoms with Crippen LogP contribution in [-0.4, -0.2) is 0 Å². The van der Waals surface area contributed by atoms with Crippen molar-refractivity contribution in [3.63, 3.8) is 0 Å². The molecular formula is C32H38S2. The second-order valence-corrected chi connectivity index (χ2v) is 11.5. The Morgan fingerprint density at radius 3 is 1.18 bits per heavy atom. The summed E-state index contributed by atoms with van der Waals surface area (Å²) < 4.78 is 0. The number of rotatable bonds is 13. The van der Waals surface area contributed by atoms with Gasteiger partial charge in [-0.25, -0.2) is 0 Å². The van der Waals surface area contributed by atoms with Crippen molar-refractivity contribution in [1.82, 2.24) is 0 Å². The van der Waals surface area contributed by atoms with Crippen LogP contribution < -0.4 is 0 Å². The maximum Gasteiger partial charge on any atom is 0.0449 e. The van der Waals surface area contributed by atoms with Gasteiger partial charge in [0.2, 0.25) is 0 Å². The zero-order valence-corrected chi connectivity index (χ0v) is 22.4. The molecule has 2 heterocycles. The van der Waals surface area contributed by atoms with E-state index in [4.69, 9.17) is 0 Å². The highest BCUT2D eigenvalue weighted by Crippen LogP contribution is 2.40. The van der Waals surface area contributed by atoms with E-state index < -0.39 is 0 Å². The molecule has 2 heteroatoms. The SMILES string of the molecule is CCCCCCc1ccc(-c2ccc(-c3ccc(-c4ccc(CCCCCC)cc4)s3)s2)cc1. The van der Waals surface area contributed by atoms with E-state index in [0.717, 1.165) is 0 Å². The summed E-state index contributed by atoms with van der Waals surface area (Å²) in [4.78, 5) is 5.44. The summed E-state index contributed by atoms with van der Waals surface area (Å²) in [6, 6.07) is 27.6. The molecule has 0 amide bonds. The molecule has 0 saturated heterocycles. The van der Waals surface area contributed by atoms with Crippen LogP contribution in [0.3, 0.4) is 0 Å². The quantitative estimate of drug-likeness (QED) is 0.165. The van der Waals surface area contributed by atoms with Crippen molar-refractivity contribution in [3.8, 4) is 30.6 Å². The fourth-order valence-electron chi connectivity index (χ4n) is 4.43. The molecule has 2 aromatic carbocycles. The molecule has 0 radical (unpaired) electrons. The van der Waals surface area contributed by atoms with Crippen LogP contribution in [-0.2, 0) is 12.8 Å². The Bertz CT molecular complexity index is 1020. The Balaban J connectivity index is 1.37. The molecule has 0 unspecified atom stereocenters. The van der Waals surface area contributed by atoms with Gasteiger partial charge in [-0.05, 0) is 72.2 Å². The molecule has 0 spiro atoms. The molecule has 0 saturated carbocycles. The average Bonchev–Trinajstić information content (AvgIpc) is 3.56. The molecule has 0 atom stereocenters. The minimum absolute atomic E-state index is 1.20. The topological polar surface area (TPSA) is 0 Å². The number of unbranched alkanes of at least 4 members (excludes halogenated alkanes) is 6. The Morgan fingerprint density at radius 2 is 0.794 bits per heavy atom. The third-order valence-corrected chi connectivity index (χ3v) is 9.03. The molecule has 0 aliphatic rings. The highest BCUT2D eigenvalue weighted by molar-refractivity contribution is 7.25. The monoisotopic (exact) mass is 486 g/mol. The van der Waals surface area contributed by atoms with Gasteiger partial charge in [0, 0.05) is 19.5 Å². The van der Waals surface area contributed by atoms with Gasteiger partial charge in [-0.15, -0.1) is 22.7 Å². The lowest BCUT2D eigenvalue weighted by Gasteiger charge is -2.03. The molecule has 178 valence electrons. The van der Waals surface area contributed by atoms with Crippen molar-refractivity contribution in [3.05, 3.63) is 83.9 Å². The fraction of sp³-hybridized carbons (Fsp3) is 0.375. The average molecular weight is 487 g/mol. The van der Waals surface area contributed by atoms with Crippen LogP contribution in [0, 0.1) is 0 Å². The Labute approximate surface area is 214 Å². The van der Waals surface area contributed by atoms with Gasteiger partial charge < -0.3 is 0 Å². The van der Waals surface area contributed by atoms with Gasteiger partial charge in [-0.3, -0.25) is 0 Å². The first-order chi connectivity index (χ1) is 16.8. The van der Waals surface area contributed by atoms with Crippen LogP contribution in [0.5, 0.6) is 0 Å². The van der Waals surface area contributed by atoms with Crippen molar-refractivity contribution in [2.45, 2.75) is 78.1 Å². The van der Waals surface area contributed by atoms with Crippen LogP contribution >= 0.6 is 22.7 Å². The smallest absolute Gasteiger partial charge is 0.0449 e. The van der Waals surface area contributed by atoms with Crippen molar-refractivity contribution in [1.29, 1.82) is 0 Å². The largest absolute Gasteiger partial charge is 0.134 e. The lowest BCUT2D eigenvalue weighted by molar-refractivity contribution is 0.667. The Morgan fingerprint density at radius 1 is 0.412 bits per heavy atom. The zero-order chi connectivity index (χ0) is 23.6. The number of hydrogen-bond donors (Lipinski definition) is 0. The van der Waals surface area contributed by atoms with E-state index in [1.807, 2.05) is 22.7 Å². The first-order valence-electron chi connectivity index (χ1n) is 13.2. The molecule has 0 nitrogen and oxygen atoms in total. The first kappa shape index (κ1) is 24.9. The predicted molar refractivity (Wildman–Crippen MR) is 154 cm³/mol. The third-order valence-electron chi connectivity index (χ3n) is 6.57. The Kier molecular flexibility index (Phi) is 9.59. The molecule has 0 aliphatic carbocycles. The van der Waals surface area contributed by atoms with Crippen LogP contribution in [0.4, 0.5) is 0 Å². The predicted octanol–water partition coefficient (Wildman–Crippen LogP) is 11.1.